The van der Waals surface area contributed by atoms with Gasteiger partial charge in [-0.05, 0) is 18.8 Å². The largest absolute Gasteiger partial charge is 0.481 e. The Morgan fingerprint density at radius 1 is 1.33 bits per heavy atom. The fourth-order valence-electron chi connectivity index (χ4n) is 1.93. The van der Waals surface area contributed by atoms with Crippen LogP contribution in [0.25, 0.3) is 0 Å². The molecule has 118 valence electrons. The standard InChI is InChI=1S/C14H24N4O3/c1-11(3-4-13(19)20)5-7-16-14(21)17-8-6-12-15-9-10-18(12)2/h9-11H,3-8H2,1-2H3,(H,19,20)(H2,16,17,21). The van der Waals surface area contributed by atoms with E-state index in [-0.39, 0.29) is 18.4 Å². The topological polar surface area (TPSA) is 96.3 Å². The van der Waals surface area contributed by atoms with E-state index in [1.165, 1.54) is 0 Å². The molecule has 21 heavy (non-hydrogen) atoms. The number of aliphatic carboxylic acids is 1. The molecule has 1 rings (SSSR count). The van der Waals surface area contributed by atoms with Crippen molar-refractivity contribution in [3.63, 3.8) is 0 Å². The average molecular weight is 296 g/mol. The molecule has 7 heteroatoms. The Morgan fingerprint density at radius 3 is 2.67 bits per heavy atom. The van der Waals surface area contributed by atoms with Crippen molar-refractivity contribution >= 4 is 12.0 Å². The smallest absolute Gasteiger partial charge is 0.314 e. The Balaban J connectivity index is 2.06. The first kappa shape index (κ1) is 17.0. The SMILES string of the molecule is CC(CCNC(=O)NCCc1nccn1C)CCC(=O)O. The summed E-state index contributed by atoms with van der Waals surface area (Å²) in [5, 5.41) is 14.1. The van der Waals surface area contributed by atoms with Gasteiger partial charge in [-0.2, -0.15) is 0 Å². The predicted molar refractivity (Wildman–Crippen MR) is 79.0 cm³/mol. The van der Waals surface area contributed by atoms with Crippen LogP contribution in [-0.4, -0.2) is 39.7 Å². The molecule has 0 saturated heterocycles. The lowest BCUT2D eigenvalue weighted by Gasteiger charge is -2.11. The van der Waals surface area contributed by atoms with Gasteiger partial charge in [-0.3, -0.25) is 4.79 Å². The van der Waals surface area contributed by atoms with Crippen molar-refractivity contribution in [1.29, 1.82) is 0 Å². The van der Waals surface area contributed by atoms with Gasteiger partial charge in [0.1, 0.15) is 5.82 Å². The molecule has 0 spiro atoms. The van der Waals surface area contributed by atoms with E-state index in [4.69, 9.17) is 5.11 Å². The molecule has 0 aliphatic heterocycles. The molecule has 0 aromatic carbocycles. The number of hydrogen-bond acceptors (Lipinski definition) is 3. The third-order valence-corrected chi connectivity index (χ3v) is 3.33. The van der Waals surface area contributed by atoms with Crippen LogP contribution in [0.3, 0.4) is 0 Å². The number of amides is 2. The molecule has 1 heterocycles. The highest BCUT2D eigenvalue weighted by atomic mass is 16.4. The predicted octanol–water partition coefficient (Wildman–Crippen LogP) is 1.15. The highest BCUT2D eigenvalue weighted by Crippen LogP contribution is 2.08. The summed E-state index contributed by atoms with van der Waals surface area (Å²) in [6.45, 7) is 3.07. The number of urea groups is 1. The zero-order valence-corrected chi connectivity index (χ0v) is 12.6. The van der Waals surface area contributed by atoms with Crippen LogP contribution in [0, 0.1) is 5.92 Å². The van der Waals surface area contributed by atoms with Crippen molar-refractivity contribution in [2.45, 2.75) is 32.6 Å². The number of aryl methyl sites for hydroxylation is 1. The van der Waals surface area contributed by atoms with Gasteiger partial charge in [0.25, 0.3) is 0 Å². The van der Waals surface area contributed by atoms with Crippen molar-refractivity contribution < 1.29 is 14.7 Å². The fourth-order valence-corrected chi connectivity index (χ4v) is 1.93. The normalized spacial score (nSPS) is 11.9. The molecule has 7 nitrogen and oxygen atoms in total. The molecule has 2 amide bonds. The van der Waals surface area contributed by atoms with Crippen molar-refractivity contribution in [3.8, 4) is 0 Å². The number of carboxylic acid groups (broad SMARTS) is 1. The number of nitrogens with one attached hydrogen (secondary N) is 2. The third-order valence-electron chi connectivity index (χ3n) is 3.33. The minimum Gasteiger partial charge on any atom is -0.481 e. The van der Waals surface area contributed by atoms with Crippen LogP contribution in [0.15, 0.2) is 12.4 Å². The van der Waals surface area contributed by atoms with E-state index in [2.05, 4.69) is 15.6 Å². The third kappa shape index (κ3) is 7.34. The summed E-state index contributed by atoms with van der Waals surface area (Å²) in [5.41, 5.74) is 0. The minimum absolute atomic E-state index is 0.178. The lowest BCUT2D eigenvalue weighted by atomic mass is 10.0. The molecule has 3 N–H and O–H groups in total. The Kier molecular flexibility index (Phi) is 7.28. The molecule has 1 aromatic rings. The Bertz CT molecular complexity index is 459. The highest BCUT2D eigenvalue weighted by Gasteiger charge is 2.07. The van der Waals surface area contributed by atoms with E-state index in [1.54, 1.807) is 6.20 Å². The van der Waals surface area contributed by atoms with E-state index < -0.39 is 5.97 Å². The van der Waals surface area contributed by atoms with Gasteiger partial charge in [0.15, 0.2) is 0 Å². The van der Waals surface area contributed by atoms with Crippen LogP contribution in [0.1, 0.15) is 32.0 Å². The lowest BCUT2D eigenvalue weighted by Crippen LogP contribution is -2.37. The summed E-state index contributed by atoms with van der Waals surface area (Å²) in [6.07, 6.45) is 5.88. The lowest BCUT2D eigenvalue weighted by molar-refractivity contribution is -0.137. The summed E-state index contributed by atoms with van der Waals surface area (Å²) in [6, 6.07) is -0.199. The summed E-state index contributed by atoms with van der Waals surface area (Å²) in [5.74, 6) is 0.438. The molecule has 0 fully saturated rings. The van der Waals surface area contributed by atoms with Crippen LogP contribution >= 0.6 is 0 Å². The summed E-state index contributed by atoms with van der Waals surface area (Å²) < 4.78 is 1.92. The molecular weight excluding hydrogens is 272 g/mol. The number of carbonyl (C=O) groups excluding carboxylic acids is 1. The van der Waals surface area contributed by atoms with E-state index >= 15 is 0 Å². The van der Waals surface area contributed by atoms with Gasteiger partial charge in [0, 0.05) is 45.4 Å². The minimum atomic E-state index is -0.776. The number of carboxylic acids is 1. The summed E-state index contributed by atoms with van der Waals surface area (Å²) >= 11 is 0. The van der Waals surface area contributed by atoms with E-state index in [0.29, 0.717) is 25.9 Å². The van der Waals surface area contributed by atoms with Crippen molar-refractivity contribution in [3.05, 3.63) is 18.2 Å². The second kappa shape index (κ2) is 8.99. The van der Waals surface area contributed by atoms with Crippen LogP contribution in [0.2, 0.25) is 0 Å². The van der Waals surface area contributed by atoms with Crippen LogP contribution < -0.4 is 10.6 Å². The van der Waals surface area contributed by atoms with Crippen molar-refractivity contribution in [2.24, 2.45) is 13.0 Å². The fraction of sp³-hybridized carbons (Fsp3) is 0.643. The van der Waals surface area contributed by atoms with Gasteiger partial charge in [0.05, 0.1) is 0 Å². The zero-order chi connectivity index (χ0) is 15.7. The zero-order valence-electron chi connectivity index (χ0n) is 12.6. The first-order valence-corrected chi connectivity index (χ1v) is 7.18. The molecular formula is C14H24N4O3. The van der Waals surface area contributed by atoms with Gasteiger partial charge in [-0.1, -0.05) is 6.92 Å². The summed E-state index contributed by atoms with van der Waals surface area (Å²) in [7, 11) is 1.92. The van der Waals surface area contributed by atoms with Crippen LogP contribution in [0.4, 0.5) is 4.79 Å². The Hall–Kier alpha value is -2.05. The average Bonchev–Trinajstić information content (AvgIpc) is 2.82. The number of rotatable bonds is 9. The number of nitrogens with zero attached hydrogens (tertiary/aromatic N) is 2. The van der Waals surface area contributed by atoms with Gasteiger partial charge in [-0.25, -0.2) is 9.78 Å². The van der Waals surface area contributed by atoms with Gasteiger partial charge < -0.3 is 20.3 Å². The second-order valence-corrected chi connectivity index (χ2v) is 5.21. The monoisotopic (exact) mass is 296 g/mol. The van der Waals surface area contributed by atoms with Gasteiger partial charge in [-0.15, -0.1) is 0 Å². The van der Waals surface area contributed by atoms with Crippen LogP contribution in [-0.2, 0) is 18.3 Å². The molecule has 0 saturated carbocycles. The number of carbonyl (C=O) groups is 2. The van der Waals surface area contributed by atoms with E-state index in [0.717, 1.165) is 12.2 Å². The molecule has 0 aliphatic rings. The van der Waals surface area contributed by atoms with E-state index in [1.807, 2.05) is 24.7 Å². The molecule has 1 aromatic heterocycles. The van der Waals surface area contributed by atoms with Crippen molar-refractivity contribution in [1.82, 2.24) is 20.2 Å². The van der Waals surface area contributed by atoms with Gasteiger partial charge in [0.2, 0.25) is 0 Å². The maximum Gasteiger partial charge on any atom is 0.314 e. The van der Waals surface area contributed by atoms with Crippen LogP contribution in [0.5, 0.6) is 0 Å². The molecule has 1 unspecified atom stereocenters. The Morgan fingerprint density at radius 2 is 2.05 bits per heavy atom. The molecule has 0 bridgehead atoms. The maximum absolute atomic E-state index is 11.6. The highest BCUT2D eigenvalue weighted by molar-refractivity contribution is 5.73. The second-order valence-electron chi connectivity index (χ2n) is 5.21. The molecule has 0 radical (unpaired) electrons. The van der Waals surface area contributed by atoms with Crippen molar-refractivity contribution in [2.75, 3.05) is 13.1 Å². The summed E-state index contributed by atoms with van der Waals surface area (Å²) in [4.78, 5) is 26.2. The molecule has 1 atom stereocenters. The van der Waals surface area contributed by atoms with Gasteiger partial charge >= 0.3 is 12.0 Å². The first-order chi connectivity index (χ1) is 9.99. The molecule has 0 aliphatic carbocycles. The number of imidazole rings is 1. The number of aromatic nitrogens is 2. The van der Waals surface area contributed by atoms with E-state index in [9.17, 15) is 9.59 Å². The quantitative estimate of drug-likeness (QED) is 0.637. The number of hydrogen-bond donors (Lipinski definition) is 3. The Labute approximate surface area is 124 Å². The maximum atomic E-state index is 11.6. The first-order valence-electron chi connectivity index (χ1n) is 7.18.